The summed E-state index contributed by atoms with van der Waals surface area (Å²) in [4.78, 5) is 0. The molecule has 1 rings (SSSR count). The van der Waals surface area contributed by atoms with E-state index in [1.807, 2.05) is 27.2 Å². The maximum Gasteiger partial charge on any atom is 0.241 e. The molecule has 0 bridgehead atoms. The van der Waals surface area contributed by atoms with Crippen molar-refractivity contribution < 1.29 is 4.73 Å². The maximum atomic E-state index is 10.8. The Morgan fingerprint density at radius 3 is 2.36 bits per heavy atom. The largest absolute Gasteiger partial charge is 0.619 e. The number of rotatable bonds is 1. The molecule has 1 aromatic heterocycles. The van der Waals surface area contributed by atoms with E-state index >= 15 is 0 Å². The molecule has 1 aromatic rings. The van der Waals surface area contributed by atoms with Gasteiger partial charge in [0.05, 0.1) is 21.1 Å². The van der Waals surface area contributed by atoms with Crippen LogP contribution in [0.4, 0.5) is 5.69 Å². The topological polar surface area (TPSA) is 26.9 Å². The molecule has 11 heavy (non-hydrogen) atoms. The number of quaternary nitrogens is 1. The first-order valence-corrected chi connectivity index (χ1v) is 3.51. The normalized spacial score (nSPS) is 11.5. The Balaban J connectivity index is 3.06. The van der Waals surface area contributed by atoms with E-state index < -0.39 is 0 Å². The third-order valence-electron chi connectivity index (χ3n) is 1.53. The molecule has 3 heteroatoms. The fourth-order valence-electron chi connectivity index (χ4n) is 0.840. The van der Waals surface area contributed by atoms with Crippen LogP contribution >= 0.6 is 0 Å². The van der Waals surface area contributed by atoms with E-state index in [1.165, 1.54) is 6.20 Å². The molecule has 60 valence electrons. The fourth-order valence-corrected chi connectivity index (χ4v) is 0.840. The van der Waals surface area contributed by atoms with E-state index in [9.17, 15) is 5.21 Å². The standard InChI is InChI=1S/C8H13N2O/c1-10(2,3)8-5-4-6-9(11)7-8/h4-7H,1-3H3/q+1. The van der Waals surface area contributed by atoms with Gasteiger partial charge in [-0.25, -0.2) is 0 Å². The van der Waals surface area contributed by atoms with Crippen LogP contribution in [0, 0.1) is 5.21 Å². The molecule has 0 spiro atoms. The highest BCUT2D eigenvalue weighted by Gasteiger charge is 2.13. The lowest BCUT2D eigenvalue weighted by Crippen LogP contribution is -2.37. The average molecular weight is 153 g/mol. The van der Waals surface area contributed by atoms with Gasteiger partial charge in [0.25, 0.3) is 0 Å². The highest BCUT2D eigenvalue weighted by atomic mass is 16.5. The summed E-state index contributed by atoms with van der Waals surface area (Å²) in [5, 5.41) is 10.8. The zero-order valence-electron chi connectivity index (χ0n) is 7.11. The molecular formula is C8H13N2O+. The Morgan fingerprint density at radius 2 is 2.00 bits per heavy atom. The van der Waals surface area contributed by atoms with E-state index in [-0.39, 0.29) is 0 Å². The minimum atomic E-state index is 0.670. The number of hydrogen-bond acceptors (Lipinski definition) is 1. The third kappa shape index (κ3) is 1.91. The summed E-state index contributed by atoms with van der Waals surface area (Å²) in [6.07, 6.45) is 3.07. The van der Waals surface area contributed by atoms with Gasteiger partial charge in [-0.3, -0.25) is 4.48 Å². The lowest BCUT2D eigenvalue weighted by atomic mass is 10.3. The lowest BCUT2D eigenvalue weighted by Gasteiger charge is -2.21. The molecule has 0 atom stereocenters. The summed E-state index contributed by atoms with van der Waals surface area (Å²) in [6.45, 7) is 0. The van der Waals surface area contributed by atoms with Crippen molar-refractivity contribution >= 4 is 5.69 Å². The number of nitrogens with zero attached hydrogens (tertiary/aromatic N) is 2. The number of hydrogen-bond donors (Lipinski definition) is 0. The Kier molecular flexibility index (Phi) is 1.83. The SMILES string of the molecule is C[N+](C)(C)c1ccc[n+]([O-])c1. The Labute approximate surface area is 66.7 Å². The van der Waals surface area contributed by atoms with Crippen molar-refractivity contribution in [1.29, 1.82) is 0 Å². The van der Waals surface area contributed by atoms with Gasteiger partial charge in [-0.05, 0) is 0 Å². The first-order chi connectivity index (χ1) is 5.00. The first-order valence-electron chi connectivity index (χ1n) is 3.51. The van der Waals surface area contributed by atoms with Crippen LogP contribution in [-0.2, 0) is 0 Å². The van der Waals surface area contributed by atoms with Crippen molar-refractivity contribution in [3.05, 3.63) is 29.7 Å². The van der Waals surface area contributed by atoms with Crippen molar-refractivity contribution in [2.45, 2.75) is 0 Å². The zero-order chi connectivity index (χ0) is 8.48. The maximum absolute atomic E-state index is 10.8. The third-order valence-corrected chi connectivity index (χ3v) is 1.53. The molecule has 0 aliphatic carbocycles. The first kappa shape index (κ1) is 8.01. The molecule has 0 amide bonds. The van der Waals surface area contributed by atoms with Crippen LogP contribution in [0.2, 0.25) is 0 Å². The van der Waals surface area contributed by atoms with Gasteiger partial charge in [0.15, 0.2) is 11.9 Å². The lowest BCUT2D eigenvalue weighted by molar-refractivity contribution is -0.605. The van der Waals surface area contributed by atoms with Crippen LogP contribution in [0.1, 0.15) is 0 Å². The summed E-state index contributed by atoms with van der Waals surface area (Å²) < 4.78 is 1.49. The van der Waals surface area contributed by atoms with E-state index in [1.54, 1.807) is 12.3 Å². The average Bonchev–Trinajstić information content (AvgIpc) is 1.86. The van der Waals surface area contributed by atoms with Crippen LogP contribution in [0.25, 0.3) is 0 Å². The van der Waals surface area contributed by atoms with Crippen molar-refractivity contribution in [3.8, 4) is 0 Å². The van der Waals surface area contributed by atoms with Gasteiger partial charge in [-0.2, -0.15) is 4.73 Å². The second-order valence-corrected chi connectivity index (χ2v) is 3.43. The summed E-state index contributed by atoms with van der Waals surface area (Å²) in [5.74, 6) is 0. The van der Waals surface area contributed by atoms with E-state index in [4.69, 9.17) is 0 Å². The van der Waals surface area contributed by atoms with Crippen LogP contribution < -0.4 is 9.21 Å². The Hall–Kier alpha value is -1.09. The van der Waals surface area contributed by atoms with E-state index in [0.717, 1.165) is 10.4 Å². The zero-order valence-corrected chi connectivity index (χ0v) is 7.11. The predicted molar refractivity (Wildman–Crippen MR) is 45.0 cm³/mol. The molecule has 0 aliphatic heterocycles. The van der Waals surface area contributed by atoms with Crippen molar-refractivity contribution in [2.24, 2.45) is 0 Å². The summed E-state index contributed by atoms with van der Waals surface area (Å²) in [5.41, 5.74) is 1.00. The molecule has 0 fully saturated rings. The van der Waals surface area contributed by atoms with Crippen molar-refractivity contribution in [1.82, 2.24) is 4.48 Å². The van der Waals surface area contributed by atoms with Crippen LogP contribution in [-0.4, -0.2) is 21.1 Å². The van der Waals surface area contributed by atoms with Crippen LogP contribution in [0.15, 0.2) is 24.5 Å². The molecule has 0 unspecified atom stereocenters. The highest BCUT2D eigenvalue weighted by Crippen LogP contribution is 2.11. The molecule has 0 radical (unpaired) electrons. The van der Waals surface area contributed by atoms with Crippen molar-refractivity contribution in [3.63, 3.8) is 0 Å². The molecule has 0 saturated carbocycles. The predicted octanol–water partition coefficient (Wildman–Crippen LogP) is 0.517. The smallest absolute Gasteiger partial charge is 0.241 e. The van der Waals surface area contributed by atoms with Gasteiger partial charge in [0.1, 0.15) is 0 Å². The fraction of sp³-hybridized carbons (Fsp3) is 0.375. The molecule has 0 saturated heterocycles. The van der Waals surface area contributed by atoms with Gasteiger partial charge >= 0.3 is 0 Å². The second kappa shape index (κ2) is 2.51. The van der Waals surface area contributed by atoms with Gasteiger partial charge in [0, 0.05) is 12.1 Å². The second-order valence-electron chi connectivity index (χ2n) is 3.43. The number of pyridine rings is 1. The highest BCUT2D eigenvalue weighted by molar-refractivity contribution is 5.35. The van der Waals surface area contributed by atoms with Crippen LogP contribution in [0.5, 0.6) is 0 Å². The molecule has 3 nitrogen and oxygen atoms in total. The van der Waals surface area contributed by atoms with Crippen LogP contribution in [0.3, 0.4) is 0 Å². The summed E-state index contributed by atoms with van der Waals surface area (Å²) >= 11 is 0. The molecule has 1 heterocycles. The molecular weight excluding hydrogens is 140 g/mol. The number of aromatic nitrogens is 1. The molecule has 0 aliphatic rings. The Bertz CT molecular complexity index is 253. The van der Waals surface area contributed by atoms with Gasteiger partial charge in [-0.15, -0.1) is 0 Å². The Morgan fingerprint density at radius 1 is 1.36 bits per heavy atom. The quantitative estimate of drug-likeness (QED) is 0.328. The van der Waals surface area contributed by atoms with Gasteiger partial charge in [0.2, 0.25) is 6.20 Å². The molecule has 0 N–H and O–H groups in total. The van der Waals surface area contributed by atoms with E-state index in [2.05, 4.69) is 0 Å². The van der Waals surface area contributed by atoms with E-state index in [0.29, 0.717) is 4.48 Å². The minimum Gasteiger partial charge on any atom is -0.619 e. The van der Waals surface area contributed by atoms with Gasteiger partial charge < -0.3 is 5.21 Å². The summed E-state index contributed by atoms with van der Waals surface area (Å²) in [6, 6.07) is 3.69. The van der Waals surface area contributed by atoms with Gasteiger partial charge in [-0.1, -0.05) is 0 Å². The monoisotopic (exact) mass is 153 g/mol. The summed E-state index contributed by atoms with van der Waals surface area (Å²) in [7, 11) is 6.07. The van der Waals surface area contributed by atoms with Crippen molar-refractivity contribution in [2.75, 3.05) is 21.1 Å². The minimum absolute atomic E-state index is 0.670. The molecule has 0 aromatic carbocycles.